The van der Waals surface area contributed by atoms with Crippen LogP contribution < -0.4 is 5.32 Å². The molecule has 2 amide bonds. The Morgan fingerprint density at radius 3 is 2.15 bits per heavy atom. The predicted molar refractivity (Wildman–Crippen MR) is 107 cm³/mol. The monoisotopic (exact) mass is 430 g/mol. The van der Waals surface area contributed by atoms with Crippen LogP contribution in [0.2, 0.25) is 0 Å². The van der Waals surface area contributed by atoms with Gasteiger partial charge in [-0.15, -0.1) is 0 Å². The molecule has 0 saturated carbocycles. The van der Waals surface area contributed by atoms with Crippen molar-refractivity contribution in [3.63, 3.8) is 0 Å². The van der Waals surface area contributed by atoms with E-state index in [-0.39, 0.29) is 23.3 Å². The number of hydrogen-bond acceptors (Lipinski definition) is 2. The van der Waals surface area contributed by atoms with Crippen LogP contribution in [0.4, 0.5) is 4.39 Å². The number of nitrogens with one attached hydrogen (secondary N) is 1. The van der Waals surface area contributed by atoms with E-state index in [1.165, 1.54) is 12.1 Å². The molecule has 4 nitrogen and oxygen atoms in total. The number of rotatable bonds is 4. The van der Waals surface area contributed by atoms with Gasteiger partial charge in [-0.05, 0) is 65.0 Å². The molecule has 0 atom stereocenters. The minimum absolute atomic E-state index is 0.164. The molecule has 6 heteroatoms. The Morgan fingerprint density at radius 1 is 0.889 bits per heavy atom. The maximum atomic E-state index is 13.3. The van der Waals surface area contributed by atoms with Gasteiger partial charge in [0, 0.05) is 18.7 Å². The van der Waals surface area contributed by atoms with Crippen LogP contribution in [-0.4, -0.2) is 29.8 Å². The lowest BCUT2D eigenvalue weighted by atomic mass is 10.1. The third kappa shape index (κ3) is 4.83. The molecule has 0 aromatic heterocycles. The summed E-state index contributed by atoms with van der Waals surface area (Å²) in [6.45, 7) is 1.32. The molecule has 0 bridgehead atoms. The average Bonchev–Trinajstić information content (AvgIpc) is 2.72. The zero-order valence-electron chi connectivity index (χ0n) is 14.8. The van der Waals surface area contributed by atoms with Crippen molar-refractivity contribution in [3.05, 3.63) is 77.2 Å². The van der Waals surface area contributed by atoms with E-state index < -0.39 is 0 Å². The fourth-order valence-electron chi connectivity index (χ4n) is 2.97. The van der Waals surface area contributed by atoms with E-state index in [1.54, 1.807) is 41.3 Å². The molecule has 0 spiro atoms. The summed E-state index contributed by atoms with van der Waals surface area (Å²) < 4.78 is 13.7. The number of piperidine rings is 1. The second kappa shape index (κ2) is 8.95. The molecule has 2 aromatic rings. The molecule has 1 aliphatic heterocycles. The zero-order valence-corrected chi connectivity index (χ0v) is 16.3. The van der Waals surface area contributed by atoms with Gasteiger partial charge in [0.25, 0.3) is 11.8 Å². The zero-order chi connectivity index (χ0) is 19.2. The third-order valence-corrected chi connectivity index (χ3v) is 5.30. The fraction of sp³-hybridized carbons (Fsp3) is 0.238. The number of halogens is 2. The maximum Gasteiger partial charge on any atom is 0.271 e. The van der Waals surface area contributed by atoms with Gasteiger partial charge < -0.3 is 10.2 Å². The van der Waals surface area contributed by atoms with Crippen molar-refractivity contribution >= 4 is 32.2 Å². The molecule has 1 fully saturated rings. The number of nitrogens with zero attached hydrogens (tertiary/aromatic N) is 1. The molecule has 0 radical (unpaired) electrons. The van der Waals surface area contributed by atoms with Gasteiger partial charge in [0.15, 0.2) is 0 Å². The molecule has 0 aliphatic carbocycles. The number of hydrogen-bond donors (Lipinski definition) is 1. The van der Waals surface area contributed by atoms with E-state index >= 15 is 0 Å². The Morgan fingerprint density at radius 2 is 1.52 bits per heavy atom. The van der Waals surface area contributed by atoms with Gasteiger partial charge in [-0.1, -0.05) is 30.3 Å². The standard InChI is InChI=1S/C21H20BrFN2O2/c22-18(15-9-11-17(23)12-10-15)19(21(27)25-13-5-2-6-14-25)24-20(26)16-7-3-1-4-8-16/h1,3-4,7-12H,2,5-6,13-14H2,(H,24,26)/b19-18+. The Kier molecular flexibility index (Phi) is 6.40. The summed E-state index contributed by atoms with van der Waals surface area (Å²) in [4.78, 5) is 27.5. The molecule has 27 heavy (non-hydrogen) atoms. The number of likely N-dealkylation sites (tertiary alicyclic amines) is 1. The van der Waals surface area contributed by atoms with Crippen LogP contribution in [0.3, 0.4) is 0 Å². The third-order valence-electron chi connectivity index (χ3n) is 4.45. The maximum absolute atomic E-state index is 13.3. The predicted octanol–water partition coefficient (Wildman–Crippen LogP) is 4.33. The first-order valence-electron chi connectivity index (χ1n) is 8.87. The highest BCUT2D eigenvalue weighted by Gasteiger charge is 2.25. The summed E-state index contributed by atoms with van der Waals surface area (Å²) in [5, 5.41) is 2.75. The van der Waals surface area contributed by atoms with Gasteiger partial charge >= 0.3 is 0 Å². The van der Waals surface area contributed by atoms with Crippen LogP contribution in [0, 0.1) is 5.82 Å². The van der Waals surface area contributed by atoms with Gasteiger partial charge in [-0.3, -0.25) is 9.59 Å². The minimum Gasteiger partial charge on any atom is -0.337 e. The second-order valence-corrected chi connectivity index (χ2v) is 7.16. The first kappa shape index (κ1) is 19.3. The molecule has 3 rings (SSSR count). The van der Waals surface area contributed by atoms with Gasteiger partial charge in [-0.25, -0.2) is 4.39 Å². The quantitative estimate of drug-likeness (QED) is 0.733. The molecule has 1 aliphatic rings. The molecular weight excluding hydrogens is 411 g/mol. The van der Waals surface area contributed by atoms with Crippen molar-refractivity contribution in [2.75, 3.05) is 13.1 Å². The number of carbonyl (C=O) groups excluding carboxylic acids is 2. The highest BCUT2D eigenvalue weighted by Crippen LogP contribution is 2.26. The van der Waals surface area contributed by atoms with Crippen molar-refractivity contribution in [2.24, 2.45) is 0 Å². The highest BCUT2D eigenvalue weighted by molar-refractivity contribution is 9.15. The van der Waals surface area contributed by atoms with Crippen molar-refractivity contribution in [1.82, 2.24) is 10.2 Å². The molecule has 1 N–H and O–H groups in total. The lowest BCUT2D eigenvalue weighted by Gasteiger charge is -2.28. The van der Waals surface area contributed by atoms with Gasteiger partial charge in [-0.2, -0.15) is 0 Å². The largest absolute Gasteiger partial charge is 0.337 e. The lowest BCUT2D eigenvalue weighted by Crippen LogP contribution is -2.41. The van der Waals surface area contributed by atoms with Crippen LogP contribution in [0.1, 0.15) is 35.2 Å². The first-order valence-corrected chi connectivity index (χ1v) is 9.67. The highest BCUT2D eigenvalue weighted by atomic mass is 79.9. The van der Waals surface area contributed by atoms with E-state index in [0.29, 0.717) is 28.7 Å². The van der Waals surface area contributed by atoms with E-state index in [9.17, 15) is 14.0 Å². The normalized spacial score (nSPS) is 15.1. The van der Waals surface area contributed by atoms with E-state index in [2.05, 4.69) is 21.2 Å². The SMILES string of the molecule is O=C(N/C(C(=O)N1CCCCC1)=C(/Br)c1ccc(F)cc1)c1ccccc1. The molecule has 2 aromatic carbocycles. The summed E-state index contributed by atoms with van der Waals surface area (Å²) in [5.74, 6) is -0.971. The Bertz CT molecular complexity index is 844. The van der Waals surface area contributed by atoms with Crippen LogP contribution in [0.25, 0.3) is 4.48 Å². The van der Waals surface area contributed by atoms with E-state index in [0.717, 1.165) is 19.3 Å². The van der Waals surface area contributed by atoms with Gasteiger partial charge in [0.1, 0.15) is 11.5 Å². The molecule has 1 saturated heterocycles. The van der Waals surface area contributed by atoms with Crippen molar-refractivity contribution in [1.29, 1.82) is 0 Å². The lowest BCUT2D eigenvalue weighted by molar-refractivity contribution is -0.128. The summed E-state index contributed by atoms with van der Waals surface area (Å²) in [6.07, 6.45) is 2.98. The Balaban J connectivity index is 1.94. The summed E-state index contributed by atoms with van der Waals surface area (Å²) in [6, 6.07) is 14.5. The van der Waals surface area contributed by atoms with Gasteiger partial charge in [0.05, 0.1) is 4.48 Å². The second-order valence-electron chi connectivity index (χ2n) is 6.37. The molecule has 1 heterocycles. The number of amides is 2. The van der Waals surface area contributed by atoms with Crippen LogP contribution in [-0.2, 0) is 4.79 Å². The van der Waals surface area contributed by atoms with E-state index in [4.69, 9.17) is 0 Å². The van der Waals surface area contributed by atoms with Crippen molar-refractivity contribution < 1.29 is 14.0 Å². The van der Waals surface area contributed by atoms with Crippen LogP contribution >= 0.6 is 15.9 Å². The average molecular weight is 431 g/mol. The number of benzene rings is 2. The van der Waals surface area contributed by atoms with Crippen LogP contribution in [0.5, 0.6) is 0 Å². The summed E-state index contributed by atoms with van der Waals surface area (Å²) >= 11 is 3.44. The first-order chi connectivity index (χ1) is 13.1. The molecule has 0 unspecified atom stereocenters. The van der Waals surface area contributed by atoms with Crippen LogP contribution in [0.15, 0.2) is 60.3 Å². The summed E-state index contributed by atoms with van der Waals surface area (Å²) in [7, 11) is 0. The van der Waals surface area contributed by atoms with Gasteiger partial charge in [0.2, 0.25) is 0 Å². The fourth-order valence-corrected chi connectivity index (χ4v) is 3.51. The van der Waals surface area contributed by atoms with Crippen molar-refractivity contribution in [2.45, 2.75) is 19.3 Å². The Hall–Kier alpha value is -2.47. The number of carbonyl (C=O) groups is 2. The Labute approximate surface area is 166 Å². The molecular formula is C21H20BrFN2O2. The van der Waals surface area contributed by atoms with E-state index in [1.807, 2.05) is 6.07 Å². The van der Waals surface area contributed by atoms with Crippen molar-refractivity contribution in [3.8, 4) is 0 Å². The molecule has 140 valence electrons. The minimum atomic E-state index is -0.366. The summed E-state index contributed by atoms with van der Waals surface area (Å²) in [5.41, 5.74) is 1.24. The topological polar surface area (TPSA) is 49.4 Å². The smallest absolute Gasteiger partial charge is 0.271 e.